The van der Waals surface area contributed by atoms with Gasteiger partial charge in [-0.3, -0.25) is 4.79 Å². The summed E-state index contributed by atoms with van der Waals surface area (Å²) in [5.41, 5.74) is 5.58. The molecule has 0 saturated carbocycles. The van der Waals surface area contributed by atoms with Crippen molar-refractivity contribution in [1.82, 2.24) is 10.0 Å². The molecule has 0 aliphatic heterocycles. The minimum Gasteiger partial charge on any atom is -0.351 e. The lowest BCUT2D eigenvalue weighted by atomic mass is 10.2. The molecule has 20 heavy (non-hydrogen) atoms. The van der Waals surface area contributed by atoms with E-state index in [4.69, 9.17) is 5.73 Å². The fraction of sp³-hybridized carbons (Fsp3) is 0.417. The predicted octanol–water partition coefficient (Wildman–Crippen LogP) is 0.484. The second kappa shape index (κ2) is 8.21. The van der Waals surface area contributed by atoms with Gasteiger partial charge in [0.1, 0.15) is 0 Å². The Kier molecular flexibility index (Phi) is 7.74. The largest absolute Gasteiger partial charge is 0.351 e. The topological polar surface area (TPSA) is 101 Å². The van der Waals surface area contributed by atoms with E-state index in [1.807, 2.05) is 0 Å². The normalized spacial score (nSPS) is 11.0. The van der Waals surface area contributed by atoms with E-state index in [2.05, 4.69) is 10.0 Å². The summed E-state index contributed by atoms with van der Waals surface area (Å²) in [6.07, 6.45) is 0. The van der Waals surface area contributed by atoms with E-state index in [0.717, 1.165) is 0 Å². The molecule has 114 valence electrons. The third kappa shape index (κ3) is 5.46. The average Bonchev–Trinajstić information content (AvgIpc) is 2.34. The van der Waals surface area contributed by atoms with Crippen LogP contribution in [0.4, 0.5) is 0 Å². The second-order valence-electron chi connectivity index (χ2n) is 4.35. The van der Waals surface area contributed by atoms with E-state index >= 15 is 0 Å². The molecule has 0 bridgehead atoms. The number of hydrogen-bond acceptors (Lipinski definition) is 4. The van der Waals surface area contributed by atoms with E-state index in [-0.39, 0.29) is 29.3 Å². The Morgan fingerprint density at radius 3 is 2.55 bits per heavy atom. The third-order valence-electron chi connectivity index (χ3n) is 2.23. The lowest BCUT2D eigenvalue weighted by Crippen LogP contribution is -2.31. The summed E-state index contributed by atoms with van der Waals surface area (Å²) >= 11 is 0. The molecular formula is C12H20ClN3O3S. The van der Waals surface area contributed by atoms with Crippen LogP contribution < -0.4 is 15.8 Å². The van der Waals surface area contributed by atoms with Gasteiger partial charge in [-0.1, -0.05) is 6.07 Å². The highest BCUT2D eigenvalue weighted by Crippen LogP contribution is 2.12. The second-order valence-corrected chi connectivity index (χ2v) is 6.06. The molecule has 0 atom stereocenters. The summed E-state index contributed by atoms with van der Waals surface area (Å²) in [5, 5.41) is 2.59. The molecule has 1 rings (SSSR count). The average molecular weight is 322 g/mol. The summed E-state index contributed by atoms with van der Waals surface area (Å²) in [5.74, 6) is -0.341. The molecule has 0 heterocycles. The van der Waals surface area contributed by atoms with Crippen molar-refractivity contribution in [1.29, 1.82) is 0 Å². The van der Waals surface area contributed by atoms with Crippen molar-refractivity contribution in [2.24, 2.45) is 5.73 Å². The molecule has 4 N–H and O–H groups in total. The standard InChI is InChI=1S/C12H19N3O3S.ClH/c1-9(2)15-19(17,18)11-5-3-4-10(8-11)12(16)14-7-6-13;/h3-5,8-9,15H,6-7,13H2,1-2H3,(H,14,16);1H. The van der Waals surface area contributed by atoms with E-state index < -0.39 is 10.0 Å². The van der Waals surface area contributed by atoms with Gasteiger partial charge < -0.3 is 11.1 Å². The molecular weight excluding hydrogens is 302 g/mol. The van der Waals surface area contributed by atoms with E-state index in [0.29, 0.717) is 18.7 Å². The van der Waals surface area contributed by atoms with Crippen LogP contribution in [0.5, 0.6) is 0 Å². The van der Waals surface area contributed by atoms with Crippen molar-refractivity contribution >= 4 is 28.3 Å². The number of rotatable bonds is 6. The predicted molar refractivity (Wildman–Crippen MR) is 80.5 cm³/mol. The van der Waals surface area contributed by atoms with Gasteiger partial charge in [-0.25, -0.2) is 13.1 Å². The van der Waals surface area contributed by atoms with Crippen molar-refractivity contribution in [2.75, 3.05) is 13.1 Å². The lowest BCUT2D eigenvalue weighted by Gasteiger charge is -2.10. The molecule has 0 aliphatic carbocycles. The monoisotopic (exact) mass is 321 g/mol. The van der Waals surface area contributed by atoms with Crippen LogP contribution in [0.15, 0.2) is 29.2 Å². The summed E-state index contributed by atoms with van der Waals surface area (Å²) in [6.45, 7) is 4.14. The molecule has 8 heteroatoms. The molecule has 0 unspecified atom stereocenters. The van der Waals surface area contributed by atoms with Crippen LogP contribution in [0.1, 0.15) is 24.2 Å². The Morgan fingerprint density at radius 2 is 2.00 bits per heavy atom. The van der Waals surface area contributed by atoms with Crippen LogP contribution in [0, 0.1) is 0 Å². The molecule has 0 fully saturated rings. The highest BCUT2D eigenvalue weighted by molar-refractivity contribution is 7.89. The maximum Gasteiger partial charge on any atom is 0.251 e. The first-order valence-corrected chi connectivity index (χ1v) is 7.46. The molecule has 0 aliphatic rings. The van der Waals surface area contributed by atoms with Crippen LogP contribution >= 0.6 is 12.4 Å². The Morgan fingerprint density at radius 1 is 1.35 bits per heavy atom. The number of hydrogen-bond donors (Lipinski definition) is 3. The van der Waals surface area contributed by atoms with Gasteiger partial charge in [0.2, 0.25) is 10.0 Å². The maximum absolute atomic E-state index is 12.0. The zero-order valence-electron chi connectivity index (χ0n) is 11.4. The van der Waals surface area contributed by atoms with Crippen LogP contribution in [-0.4, -0.2) is 33.5 Å². The van der Waals surface area contributed by atoms with Crippen molar-refractivity contribution < 1.29 is 13.2 Å². The number of nitrogens with two attached hydrogens (primary N) is 1. The highest BCUT2D eigenvalue weighted by Gasteiger charge is 2.16. The number of carbonyl (C=O) groups excluding carboxylic acids is 1. The summed E-state index contributed by atoms with van der Waals surface area (Å²) in [7, 11) is -3.59. The van der Waals surface area contributed by atoms with Crippen LogP contribution in [0.3, 0.4) is 0 Å². The summed E-state index contributed by atoms with van der Waals surface area (Å²) < 4.78 is 26.4. The molecule has 0 saturated heterocycles. The Balaban J connectivity index is 0.00000361. The van der Waals surface area contributed by atoms with Crippen molar-refractivity contribution in [3.63, 3.8) is 0 Å². The first kappa shape index (κ1) is 18.9. The summed E-state index contributed by atoms with van der Waals surface area (Å²) in [6, 6.07) is 5.67. The number of nitrogens with one attached hydrogen (secondary N) is 2. The first-order chi connectivity index (χ1) is 8.86. The van der Waals surface area contributed by atoms with E-state index in [1.54, 1.807) is 19.9 Å². The third-order valence-corrected chi connectivity index (χ3v) is 3.88. The van der Waals surface area contributed by atoms with Crippen LogP contribution in [0.25, 0.3) is 0 Å². The van der Waals surface area contributed by atoms with Gasteiger partial charge in [-0.15, -0.1) is 12.4 Å². The molecule has 0 aromatic heterocycles. The molecule has 1 aromatic carbocycles. The molecule has 0 spiro atoms. The SMILES string of the molecule is CC(C)NS(=O)(=O)c1cccc(C(=O)NCCN)c1.Cl. The first-order valence-electron chi connectivity index (χ1n) is 5.97. The zero-order chi connectivity index (χ0) is 14.5. The molecule has 1 amide bonds. The van der Waals surface area contributed by atoms with Gasteiger partial charge in [-0.05, 0) is 32.0 Å². The van der Waals surface area contributed by atoms with E-state index in [9.17, 15) is 13.2 Å². The number of benzene rings is 1. The highest BCUT2D eigenvalue weighted by atomic mass is 35.5. The molecule has 0 radical (unpaired) electrons. The van der Waals surface area contributed by atoms with Gasteiger partial charge >= 0.3 is 0 Å². The molecule has 6 nitrogen and oxygen atoms in total. The smallest absolute Gasteiger partial charge is 0.251 e. The fourth-order valence-corrected chi connectivity index (χ4v) is 2.77. The quantitative estimate of drug-likeness (QED) is 0.709. The van der Waals surface area contributed by atoms with Crippen molar-refractivity contribution in [3.05, 3.63) is 29.8 Å². The van der Waals surface area contributed by atoms with Crippen molar-refractivity contribution in [2.45, 2.75) is 24.8 Å². The van der Waals surface area contributed by atoms with Crippen molar-refractivity contribution in [3.8, 4) is 0 Å². The maximum atomic E-state index is 12.0. The van der Waals surface area contributed by atoms with Gasteiger partial charge in [0, 0.05) is 24.7 Å². The zero-order valence-corrected chi connectivity index (χ0v) is 13.1. The number of sulfonamides is 1. The number of amides is 1. The van der Waals surface area contributed by atoms with Gasteiger partial charge in [0.25, 0.3) is 5.91 Å². The van der Waals surface area contributed by atoms with Crippen LogP contribution in [0.2, 0.25) is 0 Å². The Hall–Kier alpha value is -1.15. The Labute approximate surface area is 125 Å². The lowest BCUT2D eigenvalue weighted by molar-refractivity contribution is 0.0954. The van der Waals surface area contributed by atoms with Gasteiger partial charge in [0.15, 0.2) is 0 Å². The summed E-state index contributed by atoms with van der Waals surface area (Å²) in [4.78, 5) is 11.8. The van der Waals surface area contributed by atoms with Crippen LogP contribution in [-0.2, 0) is 10.0 Å². The minimum atomic E-state index is -3.59. The minimum absolute atomic E-state index is 0. The number of halogens is 1. The Bertz CT molecular complexity index is 547. The fourth-order valence-electron chi connectivity index (χ4n) is 1.47. The number of carbonyl (C=O) groups is 1. The van der Waals surface area contributed by atoms with Gasteiger partial charge in [0.05, 0.1) is 4.90 Å². The molecule has 1 aromatic rings. The van der Waals surface area contributed by atoms with E-state index in [1.165, 1.54) is 18.2 Å². The van der Waals surface area contributed by atoms with Gasteiger partial charge in [-0.2, -0.15) is 0 Å².